The van der Waals surface area contributed by atoms with Gasteiger partial charge in [0.15, 0.2) is 0 Å². The molecule has 0 aromatic heterocycles. The van der Waals surface area contributed by atoms with Gasteiger partial charge in [0.05, 0.1) is 12.0 Å². The molecule has 102 valence electrons. The van der Waals surface area contributed by atoms with Crippen molar-refractivity contribution in [2.24, 2.45) is 5.92 Å². The number of rotatable bonds is 2. The molecule has 1 aromatic carbocycles. The lowest BCUT2D eigenvalue weighted by atomic mass is 9.85. The van der Waals surface area contributed by atoms with Gasteiger partial charge < -0.3 is 15.1 Å². The van der Waals surface area contributed by atoms with Gasteiger partial charge in [-0.15, -0.1) is 0 Å². The van der Waals surface area contributed by atoms with Gasteiger partial charge in [0.2, 0.25) is 0 Å². The number of amides is 1. The van der Waals surface area contributed by atoms with Gasteiger partial charge in [-0.05, 0) is 30.5 Å². The summed E-state index contributed by atoms with van der Waals surface area (Å²) in [7, 11) is 0. The number of hydrogen-bond acceptors (Lipinski definition) is 2. The molecule has 0 bridgehead atoms. The highest BCUT2D eigenvalue weighted by molar-refractivity contribution is 5.74. The largest absolute Gasteiger partial charge is 0.481 e. The zero-order valence-corrected chi connectivity index (χ0v) is 10.1. The first-order valence-corrected chi connectivity index (χ1v) is 5.98. The maximum Gasteiger partial charge on any atom is 0.407 e. The van der Waals surface area contributed by atoms with Crippen molar-refractivity contribution >= 4 is 12.1 Å². The molecule has 0 saturated carbocycles. The number of benzene rings is 1. The van der Waals surface area contributed by atoms with E-state index in [-0.39, 0.29) is 0 Å². The van der Waals surface area contributed by atoms with Crippen LogP contribution in [0.15, 0.2) is 24.3 Å². The van der Waals surface area contributed by atoms with Gasteiger partial charge in [-0.1, -0.05) is 12.1 Å². The average Bonchev–Trinajstić information content (AvgIpc) is 2.38. The molecular weight excluding hydrogens is 253 g/mol. The van der Waals surface area contributed by atoms with Crippen LogP contribution in [-0.4, -0.2) is 33.7 Å². The standard InChI is InChI=1S/C13H14FNO4/c14-9-5-3-8(4-6-9)11-10(12(16)17)2-1-7-15(11)13(18)19/h3-6,10-11H,1-2,7H2,(H,16,17)(H,18,19)/t10?,11-/m1/s1. The Hall–Kier alpha value is -2.11. The molecule has 1 amide bonds. The molecule has 1 heterocycles. The van der Waals surface area contributed by atoms with Crippen molar-refractivity contribution in [2.45, 2.75) is 18.9 Å². The van der Waals surface area contributed by atoms with Gasteiger partial charge in [-0.2, -0.15) is 0 Å². The van der Waals surface area contributed by atoms with E-state index in [1.807, 2.05) is 0 Å². The zero-order chi connectivity index (χ0) is 14.0. The third-order valence-electron chi connectivity index (χ3n) is 3.41. The monoisotopic (exact) mass is 267 g/mol. The molecule has 1 aliphatic rings. The van der Waals surface area contributed by atoms with Gasteiger partial charge in [0, 0.05) is 6.54 Å². The predicted molar refractivity (Wildman–Crippen MR) is 64.2 cm³/mol. The van der Waals surface area contributed by atoms with E-state index in [1.54, 1.807) is 0 Å². The fourth-order valence-electron chi connectivity index (χ4n) is 2.54. The van der Waals surface area contributed by atoms with E-state index in [0.717, 1.165) is 4.90 Å². The van der Waals surface area contributed by atoms with Crippen LogP contribution in [0.2, 0.25) is 0 Å². The first-order chi connectivity index (χ1) is 9.00. The second kappa shape index (κ2) is 5.26. The van der Waals surface area contributed by atoms with E-state index in [0.29, 0.717) is 24.9 Å². The van der Waals surface area contributed by atoms with Crippen molar-refractivity contribution < 1.29 is 24.2 Å². The number of carboxylic acids is 1. The summed E-state index contributed by atoms with van der Waals surface area (Å²) in [5.41, 5.74) is 0.510. The number of nitrogens with zero attached hydrogens (tertiary/aromatic N) is 1. The fraction of sp³-hybridized carbons (Fsp3) is 0.385. The van der Waals surface area contributed by atoms with E-state index in [2.05, 4.69) is 0 Å². The molecule has 1 saturated heterocycles. The first kappa shape index (κ1) is 13.3. The van der Waals surface area contributed by atoms with Crippen LogP contribution >= 0.6 is 0 Å². The minimum atomic E-state index is -1.15. The van der Waals surface area contributed by atoms with Crippen molar-refractivity contribution in [1.29, 1.82) is 0 Å². The molecule has 0 spiro atoms. The smallest absolute Gasteiger partial charge is 0.407 e. The summed E-state index contributed by atoms with van der Waals surface area (Å²) in [5, 5.41) is 18.4. The molecule has 5 nitrogen and oxygen atoms in total. The Labute approximate surface area is 109 Å². The van der Waals surface area contributed by atoms with Crippen LogP contribution in [0, 0.1) is 11.7 Å². The molecule has 0 aliphatic carbocycles. The van der Waals surface area contributed by atoms with Crippen LogP contribution in [0.4, 0.5) is 9.18 Å². The SMILES string of the molecule is O=C(O)C1CCCN(C(=O)O)[C@@H]1c1ccc(F)cc1. The Morgan fingerprint density at radius 1 is 1.21 bits per heavy atom. The van der Waals surface area contributed by atoms with Crippen molar-refractivity contribution in [3.8, 4) is 0 Å². The Kier molecular flexibility index (Phi) is 3.69. The fourth-order valence-corrected chi connectivity index (χ4v) is 2.54. The maximum absolute atomic E-state index is 12.9. The van der Waals surface area contributed by atoms with Gasteiger partial charge in [-0.3, -0.25) is 4.79 Å². The highest BCUT2D eigenvalue weighted by Crippen LogP contribution is 2.36. The molecule has 19 heavy (non-hydrogen) atoms. The van der Waals surface area contributed by atoms with E-state index in [1.165, 1.54) is 24.3 Å². The maximum atomic E-state index is 12.9. The minimum absolute atomic E-state index is 0.293. The molecule has 2 N–H and O–H groups in total. The second-order valence-corrected chi connectivity index (χ2v) is 4.56. The second-order valence-electron chi connectivity index (χ2n) is 4.56. The molecule has 6 heteroatoms. The van der Waals surface area contributed by atoms with Crippen LogP contribution in [0.3, 0.4) is 0 Å². The number of aliphatic carboxylic acids is 1. The Morgan fingerprint density at radius 3 is 2.37 bits per heavy atom. The van der Waals surface area contributed by atoms with Crippen LogP contribution in [-0.2, 0) is 4.79 Å². The highest BCUT2D eigenvalue weighted by Gasteiger charge is 2.39. The summed E-state index contributed by atoms with van der Waals surface area (Å²) in [6.45, 7) is 0.293. The van der Waals surface area contributed by atoms with Crippen LogP contribution in [0.5, 0.6) is 0 Å². The van der Waals surface area contributed by atoms with Crippen LogP contribution in [0.1, 0.15) is 24.4 Å². The molecular formula is C13H14FNO4. The number of carboxylic acid groups (broad SMARTS) is 2. The van der Waals surface area contributed by atoms with Crippen molar-refractivity contribution in [3.05, 3.63) is 35.6 Å². The molecule has 2 atom stereocenters. The summed E-state index contributed by atoms with van der Waals surface area (Å²) in [5.74, 6) is -2.26. The Morgan fingerprint density at radius 2 is 1.84 bits per heavy atom. The number of hydrogen-bond donors (Lipinski definition) is 2. The minimum Gasteiger partial charge on any atom is -0.481 e. The number of piperidine rings is 1. The third-order valence-corrected chi connectivity index (χ3v) is 3.41. The van der Waals surface area contributed by atoms with Crippen molar-refractivity contribution in [1.82, 2.24) is 4.90 Å². The lowest BCUT2D eigenvalue weighted by molar-refractivity contribution is -0.145. The number of carbonyl (C=O) groups is 2. The molecule has 1 aromatic rings. The summed E-state index contributed by atoms with van der Waals surface area (Å²) in [6.07, 6.45) is -0.220. The average molecular weight is 267 g/mol. The number of likely N-dealkylation sites (tertiary alicyclic amines) is 1. The Balaban J connectivity index is 2.39. The topological polar surface area (TPSA) is 77.8 Å². The van der Waals surface area contributed by atoms with E-state index in [9.17, 15) is 24.2 Å². The third kappa shape index (κ3) is 2.67. The van der Waals surface area contributed by atoms with Gasteiger partial charge in [0.1, 0.15) is 5.82 Å². The highest BCUT2D eigenvalue weighted by atomic mass is 19.1. The molecule has 1 aliphatic heterocycles. The molecule has 0 radical (unpaired) electrons. The predicted octanol–water partition coefficient (Wildman–Crippen LogP) is 2.34. The first-order valence-electron chi connectivity index (χ1n) is 5.98. The normalized spacial score (nSPS) is 23.1. The molecule has 2 rings (SSSR count). The van der Waals surface area contributed by atoms with Gasteiger partial charge >= 0.3 is 12.1 Å². The van der Waals surface area contributed by atoms with Crippen LogP contribution in [0.25, 0.3) is 0 Å². The molecule has 1 fully saturated rings. The summed E-state index contributed by atoms with van der Waals surface area (Å²) < 4.78 is 12.9. The summed E-state index contributed by atoms with van der Waals surface area (Å²) >= 11 is 0. The van der Waals surface area contributed by atoms with Crippen molar-refractivity contribution in [2.75, 3.05) is 6.54 Å². The van der Waals surface area contributed by atoms with E-state index in [4.69, 9.17) is 0 Å². The lowest BCUT2D eigenvalue weighted by Crippen LogP contribution is -2.44. The van der Waals surface area contributed by atoms with Crippen LogP contribution < -0.4 is 0 Å². The quantitative estimate of drug-likeness (QED) is 0.862. The van der Waals surface area contributed by atoms with Crippen molar-refractivity contribution in [3.63, 3.8) is 0 Å². The van der Waals surface area contributed by atoms with E-state index >= 15 is 0 Å². The van der Waals surface area contributed by atoms with E-state index < -0.39 is 29.8 Å². The summed E-state index contributed by atoms with van der Waals surface area (Å²) in [6, 6.07) is 4.55. The zero-order valence-electron chi connectivity index (χ0n) is 10.1. The van der Waals surface area contributed by atoms with Gasteiger partial charge in [-0.25, -0.2) is 9.18 Å². The lowest BCUT2D eigenvalue weighted by Gasteiger charge is -2.38. The number of halogens is 1. The summed E-state index contributed by atoms with van der Waals surface area (Å²) in [4.78, 5) is 23.6. The Bertz CT molecular complexity index is 466. The molecule has 1 unspecified atom stereocenters. The van der Waals surface area contributed by atoms with Gasteiger partial charge in [0.25, 0.3) is 0 Å².